The van der Waals surface area contributed by atoms with Crippen molar-refractivity contribution in [3.8, 4) is 5.75 Å². The maximum atomic E-state index is 11.4. The Morgan fingerprint density at radius 3 is 2.73 bits per heavy atom. The molecule has 1 saturated heterocycles. The number of carbonyl (C=O) groups is 1. The molecule has 0 spiro atoms. The summed E-state index contributed by atoms with van der Waals surface area (Å²) < 4.78 is 0. The van der Waals surface area contributed by atoms with Gasteiger partial charge in [0.2, 0.25) is 5.91 Å². The summed E-state index contributed by atoms with van der Waals surface area (Å²) >= 11 is 0. The molecule has 80 valence electrons. The van der Waals surface area contributed by atoms with E-state index in [0.717, 1.165) is 5.56 Å². The van der Waals surface area contributed by atoms with Crippen molar-refractivity contribution in [1.29, 1.82) is 0 Å². The van der Waals surface area contributed by atoms with Crippen LogP contribution in [0.1, 0.15) is 18.0 Å². The van der Waals surface area contributed by atoms with E-state index < -0.39 is 6.10 Å². The van der Waals surface area contributed by atoms with Gasteiger partial charge in [-0.25, -0.2) is 0 Å². The Balaban J connectivity index is 2.34. The molecule has 2 atom stereocenters. The van der Waals surface area contributed by atoms with Crippen LogP contribution in [0.15, 0.2) is 24.3 Å². The molecule has 2 rings (SSSR count). The number of aromatic hydroxyl groups is 1. The predicted octanol–water partition coefficient (Wildman–Crippen LogP) is 0.656. The van der Waals surface area contributed by atoms with Gasteiger partial charge in [-0.2, -0.15) is 0 Å². The third kappa shape index (κ3) is 1.68. The molecule has 1 amide bonds. The molecule has 1 aliphatic heterocycles. The summed E-state index contributed by atoms with van der Waals surface area (Å²) in [6, 6.07) is 6.29. The molecule has 2 unspecified atom stereocenters. The fourth-order valence-corrected chi connectivity index (χ4v) is 2.00. The SMILES string of the molecule is CN1C(=O)CC(O)C1c1cccc(O)c1. The molecule has 1 aromatic rings. The number of hydrogen-bond donors (Lipinski definition) is 2. The number of rotatable bonds is 1. The summed E-state index contributed by atoms with van der Waals surface area (Å²) in [5.41, 5.74) is 0.760. The van der Waals surface area contributed by atoms with E-state index in [9.17, 15) is 15.0 Å². The first-order valence-electron chi connectivity index (χ1n) is 4.82. The number of hydrogen-bond acceptors (Lipinski definition) is 3. The number of amides is 1. The van der Waals surface area contributed by atoms with Gasteiger partial charge < -0.3 is 15.1 Å². The largest absolute Gasteiger partial charge is 0.508 e. The van der Waals surface area contributed by atoms with E-state index in [1.807, 2.05) is 0 Å². The molecule has 0 saturated carbocycles. The Bertz CT molecular complexity index is 391. The van der Waals surface area contributed by atoms with Gasteiger partial charge in [0.25, 0.3) is 0 Å². The second-order valence-corrected chi connectivity index (χ2v) is 3.82. The van der Waals surface area contributed by atoms with Gasteiger partial charge in [0.15, 0.2) is 0 Å². The number of nitrogens with zero attached hydrogens (tertiary/aromatic N) is 1. The van der Waals surface area contributed by atoms with Crippen molar-refractivity contribution in [2.24, 2.45) is 0 Å². The van der Waals surface area contributed by atoms with Crippen molar-refractivity contribution in [3.05, 3.63) is 29.8 Å². The van der Waals surface area contributed by atoms with Gasteiger partial charge in [0.05, 0.1) is 18.6 Å². The number of aliphatic hydroxyl groups excluding tert-OH is 1. The molecule has 0 aliphatic carbocycles. The molecule has 1 heterocycles. The number of aliphatic hydroxyl groups is 1. The van der Waals surface area contributed by atoms with Gasteiger partial charge in [-0.05, 0) is 17.7 Å². The first kappa shape index (κ1) is 9.98. The molecule has 15 heavy (non-hydrogen) atoms. The molecule has 1 aromatic carbocycles. The Kier molecular flexibility index (Phi) is 2.36. The maximum absolute atomic E-state index is 11.4. The zero-order valence-corrected chi connectivity index (χ0v) is 8.42. The third-order valence-corrected chi connectivity index (χ3v) is 2.77. The zero-order chi connectivity index (χ0) is 11.0. The van der Waals surface area contributed by atoms with E-state index in [1.165, 1.54) is 4.90 Å². The van der Waals surface area contributed by atoms with Crippen LogP contribution in [0.2, 0.25) is 0 Å². The normalized spacial score (nSPS) is 26.0. The van der Waals surface area contributed by atoms with Crippen LogP contribution < -0.4 is 0 Å². The molecule has 2 N–H and O–H groups in total. The van der Waals surface area contributed by atoms with Crippen LogP contribution in [-0.2, 0) is 4.79 Å². The highest BCUT2D eigenvalue weighted by Gasteiger charge is 2.37. The maximum Gasteiger partial charge on any atom is 0.225 e. The standard InChI is InChI=1S/C11H13NO3/c1-12-10(15)6-9(14)11(12)7-3-2-4-8(13)5-7/h2-5,9,11,13-14H,6H2,1H3. The lowest BCUT2D eigenvalue weighted by Gasteiger charge is -2.22. The first-order valence-corrected chi connectivity index (χ1v) is 4.82. The van der Waals surface area contributed by atoms with Gasteiger partial charge in [0, 0.05) is 7.05 Å². The Morgan fingerprint density at radius 1 is 1.47 bits per heavy atom. The predicted molar refractivity (Wildman–Crippen MR) is 54.2 cm³/mol. The highest BCUT2D eigenvalue weighted by atomic mass is 16.3. The van der Waals surface area contributed by atoms with E-state index in [1.54, 1.807) is 31.3 Å². The summed E-state index contributed by atoms with van der Waals surface area (Å²) in [5.74, 6) is 0.0725. The van der Waals surface area contributed by atoms with Gasteiger partial charge >= 0.3 is 0 Å². The van der Waals surface area contributed by atoms with Gasteiger partial charge in [-0.1, -0.05) is 12.1 Å². The van der Waals surface area contributed by atoms with Crippen LogP contribution in [0.4, 0.5) is 0 Å². The number of carbonyl (C=O) groups excluding carboxylic acids is 1. The van der Waals surface area contributed by atoms with Crippen molar-refractivity contribution in [2.75, 3.05) is 7.05 Å². The quantitative estimate of drug-likeness (QED) is 0.711. The van der Waals surface area contributed by atoms with Gasteiger partial charge in [-0.15, -0.1) is 0 Å². The lowest BCUT2D eigenvalue weighted by Crippen LogP contribution is -2.25. The zero-order valence-electron chi connectivity index (χ0n) is 8.42. The molecule has 0 radical (unpaired) electrons. The summed E-state index contributed by atoms with van der Waals surface area (Å²) in [4.78, 5) is 12.9. The van der Waals surface area contributed by atoms with Gasteiger partial charge in [0.1, 0.15) is 5.75 Å². The molecular weight excluding hydrogens is 194 g/mol. The Morgan fingerprint density at radius 2 is 2.20 bits per heavy atom. The summed E-state index contributed by atoms with van der Waals surface area (Å²) in [6.07, 6.45) is -0.541. The molecule has 0 bridgehead atoms. The fraction of sp³-hybridized carbons (Fsp3) is 0.364. The highest BCUT2D eigenvalue weighted by molar-refractivity contribution is 5.79. The van der Waals surface area contributed by atoms with Gasteiger partial charge in [-0.3, -0.25) is 4.79 Å². The lowest BCUT2D eigenvalue weighted by atomic mass is 10.0. The van der Waals surface area contributed by atoms with E-state index in [0.29, 0.717) is 0 Å². The van der Waals surface area contributed by atoms with E-state index in [2.05, 4.69) is 0 Å². The van der Waals surface area contributed by atoms with E-state index >= 15 is 0 Å². The summed E-state index contributed by atoms with van der Waals surface area (Å²) in [6.45, 7) is 0. The third-order valence-electron chi connectivity index (χ3n) is 2.77. The van der Waals surface area contributed by atoms with Crippen LogP contribution in [0.5, 0.6) is 5.75 Å². The smallest absolute Gasteiger partial charge is 0.225 e. The number of phenolic OH excluding ortho intramolecular Hbond substituents is 1. The van der Waals surface area contributed by atoms with Crippen LogP contribution >= 0.6 is 0 Å². The summed E-state index contributed by atoms with van der Waals surface area (Å²) in [5, 5.41) is 19.1. The minimum atomic E-state index is -0.690. The average Bonchev–Trinajstić information content (AvgIpc) is 2.41. The van der Waals surface area contributed by atoms with Crippen LogP contribution in [0, 0.1) is 0 Å². The van der Waals surface area contributed by atoms with E-state index in [4.69, 9.17) is 0 Å². The van der Waals surface area contributed by atoms with Crippen LogP contribution in [0.3, 0.4) is 0 Å². The minimum absolute atomic E-state index is 0.0733. The Labute approximate surface area is 87.8 Å². The molecule has 4 nitrogen and oxygen atoms in total. The van der Waals surface area contributed by atoms with Crippen molar-refractivity contribution in [2.45, 2.75) is 18.6 Å². The van der Waals surface area contributed by atoms with Crippen molar-refractivity contribution in [1.82, 2.24) is 4.90 Å². The van der Waals surface area contributed by atoms with Crippen LogP contribution in [-0.4, -0.2) is 34.2 Å². The molecule has 0 aromatic heterocycles. The summed E-state index contributed by atoms with van der Waals surface area (Å²) in [7, 11) is 1.66. The highest BCUT2D eigenvalue weighted by Crippen LogP contribution is 2.32. The average molecular weight is 207 g/mol. The second kappa shape index (κ2) is 3.55. The molecule has 1 fully saturated rings. The monoisotopic (exact) mass is 207 g/mol. The number of likely N-dealkylation sites (N-methyl/N-ethyl adjacent to an activating group) is 1. The minimum Gasteiger partial charge on any atom is -0.508 e. The molecule has 4 heteroatoms. The number of phenols is 1. The number of benzene rings is 1. The number of likely N-dealkylation sites (tertiary alicyclic amines) is 1. The lowest BCUT2D eigenvalue weighted by molar-refractivity contribution is -0.127. The molecular formula is C11H13NO3. The van der Waals surface area contributed by atoms with Crippen LogP contribution in [0.25, 0.3) is 0 Å². The van der Waals surface area contributed by atoms with Crippen molar-refractivity contribution in [3.63, 3.8) is 0 Å². The van der Waals surface area contributed by atoms with E-state index in [-0.39, 0.29) is 24.1 Å². The van der Waals surface area contributed by atoms with Crippen molar-refractivity contribution >= 4 is 5.91 Å². The first-order chi connectivity index (χ1) is 7.09. The second-order valence-electron chi connectivity index (χ2n) is 3.82. The molecule has 1 aliphatic rings. The van der Waals surface area contributed by atoms with Crippen molar-refractivity contribution < 1.29 is 15.0 Å². The Hall–Kier alpha value is -1.55. The fourth-order valence-electron chi connectivity index (χ4n) is 2.00. The topological polar surface area (TPSA) is 60.8 Å².